The molecule has 34 heavy (non-hydrogen) atoms. The van der Waals surface area contributed by atoms with Gasteiger partial charge < -0.3 is 0 Å². The first-order valence-corrected chi connectivity index (χ1v) is 30.2. The molecule has 2 aliphatic carbocycles. The summed E-state index contributed by atoms with van der Waals surface area (Å²) >= 11 is 3.20. The van der Waals surface area contributed by atoms with Gasteiger partial charge in [-0.3, -0.25) is 0 Å². The van der Waals surface area contributed by atoms with Crippen molar-refractivity contribution in [3.63, 3.8) is 0 Å². The van der Waals surface area contributed by atoms with Crippen LogP contribution in [0.15, 0.2) is 44.4 Å². The minimum absolute atomic E-state index is 0.141. The first kappa shape index (κ1) is 27.6. The topological polar surface area (TPSA) is 0 Å². The fourth-order valence-electron chi connectivity index (χ4n) is 6.18. The molecule has 0 nitrogen and oxygen atoms in total. The number of benzene rings is 2. The third kappa shape index (κ3) is 4.14. The molecular formula is C28H35Br2Cl2SiZr. The third-order valence-corrected chi connectivity index (χ3v) is 61.8. The number of halogens is 4. The standard InChI is InChI=1S/2C13H14Br.C2H7Si.2ClH.Zr/c2*1-8(2)10-6-11-4-9(3)5-12(11)13(14)7-10;1-3-2;;;/h2*4-8H,1-3H3;3H,1-2H3;2*1H;/q;;;;;+2/p-2. The van der Waals surface area contributed by atoms with E-state index in [9.17, 15) is 0 Å². The Kier molecular flexibility index (Phi) is 7.62. The maximum atomic E-state index is 8.28. The Labute approximate surface area is 231 Å². The number of fused-ring (bicyclic) bond motifs is 2. The molecular weight excluding hydrogens is 686 g/mol. The molecule has 0 heterocycles. The van der Waals surface area contributed by atoms with Gasteiger partial charge in [-0.1, -0.05) is 0 Å². The van der Waals surface area contributed by atoms with Crippen LogP contribution in [0.3, 0.4) is 0 Å². The second-order valence-electron chi connectivity index (χ2n) is 11.3. The zero-order chi connectivity index (χ0) is 25.4. The van der Waals surface area contributed by atoms with Gasteiger partial charge in [0.25, 0.3) is 0 Å². The second-order valence-corrected chi connectivity index (χ2v) is 55.6. The molecule has 0 fully saturated rings. The quantitative estimate of drug-likeness (QED) is 0.270. The summed E-state index contributed by atoms with van der Waals surface area (Å²) in [7, 11) is 16.6. The monoisotopic (exact) mass is 717 g/mol. The molecule has 2 aromatic rings. The van der Waals surface area contributed by atoms with E-state index in [4.69, 9.17) is 17.0 Å². The molecule has 0 amide bonds. The van der Waals surface area contributed by atoms with Gasteiger partial charge in [-0.15, -0.1) is 0 Å². The molecule has 0 saturated heterocycles. The SMILES string of the molecule is CC1=Cc2c(Br)cc(C(C)C)cc2[CH]1[Zr]([Cl])([Cl])([CH]1C(C)=Cc2c(Br)cc(C(C)C)cc21)[SiH](C)C. The summed E-state index contributed by atoms with van der Waals surface area (Å²) in [5.74, 6) is -0.604. The van der Waals surface area contributed by atoms with Crippen LogP contribution in [0.1, 0.15) is 94.0 Å². The molecule has 0 radical (unpaired) electrons. The molecule has 2 unspecified atom stereocenters. The summed E-state index contributed by atoms with van der Waals surface area (Å²) in [5.41, 5.74) is 10.6. The Morgan fingerprint density at radius 2 is 1.09 bits per heavy atom. The van der Waals surface area contributed by atoms with Crippen molar-refractivity contribution in [1.29, 1.82) is 0 Å². The van der Waals surface area contributed by atoms with Crippen molar-refractivity contribution in [1.82, 2.24) is 0 Å². The predicted octanol–water partition coefficient (Wildman–Crippen LogP) is 11.1. The van der Waals surface area contributed by atoms with E-state index in [1.54, 1.807) is 0 Å². The van der Waals surface area contributed by atoms with Crippen molar-refractivity contribution >= 4 is 67.0 Å². The van der Waals surface area contributed by atoms with Crippen LogP contribution in [0.5, 0.6) is 0 Å². The van der Waals surface area contributed by atoms with E-state index < -0.39 is 21.5 Å². The van der Waals surface area contributed by atoms with Crippen LogP contribution in [0.2, 0.25) is 13.1 Å². The average molecular weight is 722 g/mol. The molecule has 2 atom stereocenters. The third-order valence-electron chi connectivity index (χ3n) is 8.18. The van der Waals surface area contributed by atoms with Crippen LogP contribution in [-0.2, 0) is 15.6 Å². The molecule has 4 rings (SSSR count). The molecule has 0 spiro atoms. The minimum atomic E-state index is -4.57. The molecule has 2 aromatic carbocycles. The molecule has 0 bridgehead atoms. The molecule has 2 aliphatic rings. The van der Waals surface area contributed by atoms with E-state index in [2.05, 4.69) is 123 Å². The van der Waals surface area contributed by atoms with E-state index >= 15 is 0 Å². The van der Waals surface area contributed by atoms with Crippen molar-refractivity contribution < 1.29 is 15.6 Å². The fraction of sp³-hybridized carbons (Fsp3) is 0.429. The molecule has 6 heteroatoms. The Bertz CT molecular complexity index is 1150. The van der Waals surface area contributed by atoms with Gasteiger partial charge in [0.15, 0.2) is 0 Å². The summed E-state index contributed by atoms with van der Waals surface area (Å²) < 4.78 is 2.61. The second kappa shape index (κ2) is 9.39. The summed E-state index contributed by atoms with van der Waals surface area (Å²) in [6.45, 7) is 18.4. The van der Waals surface area contributed by atoms with Crippen LogP contribution in [0, 0.1) is 0 Å². The van der Waals surface area contributed by atoms with Crippen LogP contribution in [0.4, 0.5) is 0 Å². The van der Waals surface area contributed by atoms with E-state index in [-0.39, 0.29) is 7.25 Å². The van der Waals surface area contributed by atoms with Gasteiger partial charge in [-0.05, 0) is 0 Å². The fourth-order valence-corrected chi connectivity index (χ4v) is 40.3. The van der Waals surface area contributed by atoms with E-state index in [1.165, 1.54) is 44.5 Å². The zero-order valence-electron chi connectivity index (χ0n) is 21.4. The average Bonchev–Trinajstić information content (AvgIpc) is 3.25. The van der Waals surface area contributed by atoms with Crippen molar-refractivity contribution in [2.75, 3.05) is 0 Å². The van der Waals surface area contributed by atoms with Crippen molar-refractivity contribution in [3.8, 4) is 0 Å². The van der Waals surface area contributed by atoms with Gasteiger partial charge in [0, 0.05) is 0 Å². The van der Waals surface area contributed by atoms with E-state index in [0.29, 0.717) is 11.8 Å². The van der Waals surface area contributed by atoms with Gasteiger partial charge in [-0.2, -0.15) is 0 Å². The number of hydrogen-bond acceptors (Lipinski definition) is 0. The van der Waals surface area contributed by atoms with Crippen LogP contribution in [0.25, 0.3) is 12.2 Å². The zero-order valence-corrected chi connectivity index (χ0v) is 29.7. The maximum absolute atomic E-state index is 8.28. The van der Waals surface area contributed by atoms with Gasteiger partial charge in [0.2, 0.25) is 0 Å². The van der Waals surface area contributed by atoms with Crippen LogP contribution >= 0.6 is 48.9 Å². The Balaban J connectivity index is 2.02. The Morgan fingerprint density at radius 1 is 0.735 bits per heavy atom. The first-order valence-electron chi connectivity index (χ1n) is 12.3. The summed E-state index contributed by atoms with van der Waals surface area (Å²) in [6, 6.07) is 9.37. The van der Waals surface area contributed by atoms with E-state index in [1.807, 2.05) is 0 Å². The van der Waals surface area contributed by atoms with Gasteiger partial charge >= 0.3 is 234 Å². The summed E-state index contributed by atoms with van der Waals surface area (Å²) in [5, 5.41) is 0. The van der Waals surface area contributed by atoms with E-state index in [0.717, 1.165) is 8.95 Å². The van der Waals surface area contributed by atoms with Gasteiger partial charge in [0.05, 0.1) is 0 Å². The number of hydrogen-bond donors (Lipinski definition) is 0. The predicted molar refractivity (Wildman–Crippen MR) is 160 cm³/mol. The number of allylic oxidation sites excluding steroid dienone is 2. The van der Waals surface area contributed by atoms with Crippen molar-refractivity contribution in [2.45, 2.75) is 73.7 Å². The van der Waals surface area contributed by atoms with Crippen molar-refractivity contribution in [3.05, 3.63) is 77.7 Å². The normalized spacial score (nSPS) is 21.0. The van der Waals surface area contributed by atoms with Crippen molar-refractivity contribution in [2.24, 2.45) is 0 Å². The van der Waals surface area contributed by atoms with Gasteiger partial charge in [0.1, 0.15) is 0 Å². The van der Waals surface area contributed by atoms with Gasteiger partial charge in [-0.25, -0.2) is 0 Å². The molecule has 183 valence electrons. The number of rotatable bonds is 5. The molecule has 0 N–H and O–H groups in total. The van der Waals surface area contributed by atoms with Crippen LogP contribution in [-0.4, -0.2) is 5.92 Å². The Morgan fingerprint density at radius 3 is 1.38 bits per heavy atom. The summed E-state index contributed by atoms with van der Waals surface area (Å²) in [6.07, 6.45) is 4.69. The molecule has 0 aromatic heterocycles. The van der Waals surface area contributed by atoms with Crippen LogP contribution < -0.4 is 0 Å². The molecule has 0 saturated carbocycles. The Hall–Kier alpha value is 0.560. The first-order chi connectivity index (χ1) is 15.7. The summed E-state index contributed by atoms with van der Waals surface area (Å²) in [4.78, 5) is 0. The molecule has 0 aliphatic heterocycles.